The summed E-state index contributed by atoms with van der Waals surface area (Å²) in [6.07, 6.45) is 6.64. The van der Waals surface area contributed by atoms with Crippen LogP contribution >= 0.6 is 0 Å². The second-order valence-electron chi connectivity index (χ2n) is 7.31. The standard InChI is InChI=1S/C15H26N2O2Si/c1-15(6-5-7-15)13(18)14-16-8-9-17(14)12-19-10-11-20(2,3)4/h8-9H,5-7,10-12H2,1-4H3. The Morgan fingerprint density at radius 2 is 2.15 bits per heavy atom. The van der Waals surface area contributed by atoms with Gasteiger partial charge < -0.3 is 9.30 Å². The van der Waals surface area contributed by atoms with E-state index < -0.39 is 8.07 Å². The predicted octanol–water partition coefficient (Wildman–Crippen LogP) is 3.57. The average Bonchev–Trinajstić information content (AvgIpc) is 2.77. The maximum absolute atomic E-state index is 12.5. The van der Waals surface area contributed by atoms with Crippen LogP contribution < -0.4 is 0 Å². The molecule has 0 saturated heterocycles. The molecule has 0 atom stereocenters. The highest BCUT2D eigenvalue weighted by Crippen LogP contribution is 2.42. The van der Waals surface area contributed by atoms with Crippen LogP contribution in [-0.2, 0) is 11.5 Å². The van der Waals surface area contributed by atoms with Crippen molar-refractivity contribution in [2.24, 2.45) is 5.41 Å². The van der Waals surface area contributed by atoms with Gasteiger partial charge in [-0.25, -0.2) is 4.98 Å². The number of nitrogens with zero attached hydrogens (tertiary/aromatic N) is 2. The molecule has 1 fully saturated rings. The summed E-state index contributed by atoms with van der Waals surface area (Å²) in [7, 11) is -1.06. The van der Waals surface area contributed by atoms with Gasteiger partial charge >= 0.3 is 0 Å². The average molecular weight is 294 g/mol. The molecule has 112 valence electrons. The molecule has 4 nitrogen and oxygen atoms in total. The minimum absolute atomic E-state index is 0.169. The Balaban J connectivity index is 1.90. The van der Waals surface area contributed by atoms with Gasteiger partial charge in [-0.15, -0.1) is 0 Å². The van der Waals surface area contributed by atoms with Crippen molar-refractivity contribution < 1.29 is 9.53 Å². The Morgan fingerprint density at radius 1 is 1.45 bits per heavy atom. The van der Waals surface area contributed by atoms with Gasteiger partial charge in [0.2, 0.25) is 5.78 Å². The van der Waals surface area contributed by atoms with E-state index in [1.165, 1.54) is 0 Å². The van der Waals surface area contributed by atoms with E-state index >= 15 is 0 Å². The number of hydrogen-bond donors (Lipinski definition) is 0. The molecule has 0 spiro atoms. The molecule has 0 aromatic carbocycles. The van der Waals surface area contributed by atoms with Crippen LogP contribution in [0.1, 0.15) is 36.8 Å². The van der Waals surface area contributed by atoms with E-state index in [1.807, 2.05) is 17.7 Å². The topological polar surface area (TPSA) is 44.1 Å². The smallest absolute Gasteiger partial charge is 0.204 e. The first-order valence-electron chi connectivity index (χ1n) is 7.46. The second kappa shape index (κ2) is 5.82. The molecule has 5 heteroatoms. The molecule has 1 saturated carbocycles. The molecule has 0 amide bonds. The van der Waals surface area contributed by atoms with Crippen molar-refractivity contribution in [3.05, 3.63) is 18.2 Å². The van der Waals surface area contributed by atoms with E-state index in [2.05, 4.69) is 24.6 Å². The van der Waals surface area contributed by atoms with Crippen molar-refractivity contribution in [1.29, 1.82) is 0 Å². The van der Waals surface area contributed by atoms with Crippen molar-refractivity contribution in [2.45, 2.75) is 58.6 Å². The molecule has 1 aromatic heterocycles. The van der Waals surface area contributed by atoms with Gasteiger partial charge in [0, 0.05) is 32.5 Å². The number of aromatic nitrogens is 2. The maximum Gasteiger partial charge on any atom is 0.204 e. The van der Waals surface area contributed by atoms with Crippen molar-refractivity contribution in [3.8, 4) is 0 Å². The molecular weight excluding hydrogens is 268 g/mol. The van der Waals surface area contributed by atoms with Gasteiger partial charge in [0.05, 0.1) is 0 Å². The van der Waals surface area contributed by atoms with E-state index in [-0.39, 0.29) is 11.2 Å². The number of ketones is 1. The van der Waals surface area contributed by atoms with Crippen molar-refractivity contribution in [2.75, 3.05) is 6.61 Å². The molecule has 0 N–H and O–H groups in total. The summed E-state index contributed by atoms with van der Waals surface area (Å²) in [6.45, 7) is 10.2. The fraction of sp³-hybridized carbons (Fsp3) is 0.733. The number of ether oxygens (including phenoxy) is 1. The summed E-state index contributed by atoms with van der Waals surface area (Å²) >= 11 is 0. The normalized spacial score (nSPS) is 17.8. The minimum Gasteiger partial charge on any atom is -0.361 e. The molecule has 1 aliphatic carbocycles. The highest BCUT2D eigenvalue weighted by Gasteiger charge is 2.41. The van der Waals surface area contributed by atoms with E-state index in [0.29, 0.717) is 12.6 Å². The number of carbonyl (C=O) groups excluding carboxylic acids is 1. The van der Waals surface area contributed by atoms with Gasteiger partial charge in [-0.1, -0.05) is 33.0 Å². The first kappa shape index (κ1) is 15.4. The van der Waals surface area contributed by atoms with Gasteiger partial charge in [-0.2, -0.15) is 0 Å². The summed E-state index contributed by atoms with van der Waals surface area (Å²) < 4.78 is 7.56. The lowest BCUT2D eigenvalue weighted by Crippen LogP contribution is -2.36. The van der Waals surface area contributed by atoms with E-state index in [9.17, 15) is 4.79 Å². The third-order valence-corrected chi connectivity index (χ3v) is 5.85. The molecule has 2 rings (SSSR count). The SMILES string of the molecule is CC1(C(=O)c2nccn2COCC[Si](C)(C)C)CCC1. The van der Waals surface area contributed by atoms with Crippen LogP contribution in [0.3, 0.4) is 0 Å². The zero-order valence-electron chi connectivity index (χ0n) is 13.1. The van der Waals surface area contributed by atoms with Crippen molar-refractivity contribution >= 4 is 13.9 Å². The first-order chi connectivity index (χ1) is 9.32. The lowest BCUT2D eigenvalue weighted by Gasteiger charge is -2.36. The Kier molecular flexibility index (Phi) is 4.49. The quantitative estimate of drug-likeness (QED) is 0.439. The van der Waals surface area contributed by atoms with Gasteiger partial charge in [0.25, 0.3) is 0 Å². The highest BCUT2D eigenvalue weighted by molar-refractivity contribution is 6.76. The molecule has 0 aliphatic heterocycles. The molecular formula is C15H26N2O2Si. The molecule has 1 aliphatic rings. The number of imidazole rings is 1. The van der Waals surface area contributed by atoms with E-state index in [4.69, 9.17) is 4.74 Å². The van der Waals surface area contributed by atoms with Crippen LogP contribution in [0.5, 0.6) is 0 Å². The fourth-order valence-electron chi connectivity index (χ4n) is 2.37. The predicted molar refractivity (Wildman–Crippen MR) is 82.6 cm³/mol. The fourth-order valence-corrected chi connectivity index (χ4v) is 3.12. The largest absolute Gasteiger partial charge is 0.361 e. The minimum atomic E-state index is -1.06. The lowest BCUT2D eigenvalue weighted by molar-refractivity contribution is 0.0592. The summed E-state index contributed by atoms with van der Waals surface area (Å²) in [6, 6.07) is 1.14. The Morgan fingerprint density at radius 3 is 2.70 bits per heavy atom. The molecule has 0 radical (unpaired) electrons. The second-order valence-corrected chi connectivity index (χ2v) is 12.9. The van der Waals surface area contributed by atoms with E-state index in [1.54, 1.807) is 6.20 Å². The third kappa shape index (κ3) is 3.58. The van der Waals surface area contributed by atoms with Gasteiger partial charge in [-0.05, 0) is 18.9 Å². The van der Waals surface area contributed by atoms with E-state index in [0.717, 1.165) is 31.9 Å². The zero-order chi connectivity index (χ0) is 14.8. The van der Waals surface area contributed by atoms with Crippen LogP contribution in [0.15, 0.2) is 12.4 Å². The number of carbonyl (C=O) groups is 1. The monoisotopic (exact) mass is 294 g/mol. The zero-order valence-corrected chi connectivity index (χ0v) is 14.1. The molecule has 0 unspecified atom stereocenters. The number of hydrogen-bond acceptors (Lipinski definition) is 3. The summed E-state index contributed by atoms with van der Waals surface area (Å²) in [5.74, 6) is 0.725. The van der Waals surface area contributed by atoms with Crippen molar-refractivity contribution in [1.82, 2.24) is 9.55 Å². The Hall–Kier alpha value is -0.943. The first-order valence-corrected chi connectivity index (χ1v) is 11.2. The van der Waals surface area contributed by atoms with Crippen molar-refractivity contribution in [3.63, 3.8) is 0 Å². The van der Waals surface area contributed by atoms with Crippen LogP contribution in [0.4, 0.5) is 0 Å². The lowest BCUT2D eigenvalue weighted by atomic mass is 9.67. The van der Waals surface area contributed by atoms with Crippen LogP contribution in [0, 0.1) is 5.41 Å². The van der Waals surface area contributed by atoms with Crippen LogP contribution in [0.25, 0.3) is 0 Å². The van der Waals surface area contributed by atoms with Gasteiger partial charge in [0.1, 0.15) is 6.73 Å². The summed E-state index contributed by atoms with van der Waals surface area (Å²) in [5.41, 5.74) is -0.193. The summed E-state index contributed by atoms with van der Waals surface area (Å²) in [5, 5.41) is 0. The van der Waals surface area contributed by atoms with Gasteiger partial charge in [-0.3, -0.25) is 4.79 Å². The van der Waals surface area contributed by atoms with Crippen LogP contribution in [0.2, 0.25) is 25.7 Å². The molecule has 0 bridgehead atoms. The van der Waals surface area contributed by atoms with Gasteiger partial charge in [0.15, 0.2) is 5.82 Å². The third-order valence-electron chi connectivity index (χ3n) is 4.15. The molecule has 20 heavy (non-hydrogen) atoms. The Labute approximate surface area is 122 Å². The maximum atomic E-state index is 12.5. The van der Waals surface area contributed by atoms with Crippen LogP contribution in [-0.4, -0.2) is 30.0 Å². The molecule has 1 aromatic rings. The Bertz CT molecular complexity index is 472. The number of Topliss-reactive ketones (excluding diaryl/α,β-unsaturated/α-hetero) is 1. The highest BCUT2D eigenvalue weighted by atomic mass is 28.3. The molecule has 1 heterocycles. The number of rotatable bonds is 7. The summed E-state index contributed by atoms with van der Waals surface area (Å²) in [4.78, 5) is 16.7.